The molecule has 1 saturated carbocycles. The number of carbonyl (C=O) groups excluding carboxylic acids is 1. The number of hydrogen-bond acceptors (Lipinski definition) is 2. The molecule has 27 heavy (non-hydrogen) atoms. The summed E-state index contributed by atoms with van der Waals surface area (Å²) in [5.74, 6) is 0.0493. The molecule has 3 N–H and O–H groups in total. The van der Waals surface area contributed by atoms with Gasteiger partial charge in [0.2, 0.25) is 5.91 Å². The standard InChI is InChI=1S/C23H27N3O/c27-23(15-10-17-16-24-22-9-5-4-8-21(17)22)26-20-13-11-19(12-14-20)25-18-6-2-1-3-7-18/h4-5,8-9,11-14,16,18,24-25H,1-3,6-7,10,15H2,(H,26,27). The number of aryl methyl sites for hydroxylation is 1. The van der Waals surface area contributed by atoms with E-state index in [1.54, 1.807) is 0 Å². The molecule has 4 rings (SSSR count). The van der Waals surface area contributed by atoms with E-state index in [0.29, 0.717) is 12.5 Å². The van der Waals surface area contributed by atoms with Gasteiger partial charge < -0.3 is 15.6 Å². The Hall–Kier alpha value is -2.75. The van der Waals surface area contributed by atoms with Gasteiger partial charge in [-0.05, 0) is 55.2 Å². The molecule has 1 aliphatic rings. The van der Waals surface area contributed by atoms with E-state index < -0.39 is 0 Å². The normalized spacial score (nSPS) is 15.0. The van der Waals surface area contributed by atoms with Gasteiger partial charge >= 0.3 is 0 Å². The van der Waals surface area contributed by atoms with E-state index >= 15 is 0 Å². The lowest BCUT2D eigenvalue weighted by molar-refractivity contribution is -0.116. The molecule has 1 fully saturated rings. The predicted molar refractivity (Wildman–Crippen MR) is 112 cm³/mol. The molecule has 1 aliphatic carbocycles. The lowest BCUT2D eigenvalue weighted by Gasteiger charge is -2.23. The SMILES string of the molecule is O=C(CCc1c[nH]c2ccccc12)Nc1ccc(NC2CCCCC2)cc1. The third kappa shape index (κ3) is 4.51. The van der Waals surface area contributed by atoms with Gasteiger partial charge in [0, 0.05) is 40.9 Å². The summed E-state index contributed by atoms with van der Waals surface area (Å²) in [6.45, 7) is 0. The average molecular weight is 361 g/mol. The van der Waals surface area contributed by atoms with E-state index in [4.69, 9.17) is 0 Å². The Morgan fingerprint density at radius 2 is 1.70 bits per heavy atom. The number of nitrogens with one attached hydrogen (secondary N) is 3. The first-order valence-corrected chi connectivity index (χ1v) is 9.99. The van der Waals surface area contributed by atoms with Crippen LogP contribution in [0.2, 0.25) is 0 Å². The van der Waals surface area contributed by atoms with E-state index in [0.717, 1.165) is 23.3 Å². The van der Waals surface area contributed by atoms with Crippen LogP contribution < -0.4 is 10.6 Å². The van der Waals surface area contributed by atoms with Crippen molar-refractivity contribution < 1.29 is 4.79 Å². The third-order valence-corrected chi connectivity index (χ3v) is 5.44. The third-order valence-electron chi connectivity index (χ3n) is 5.44. The predicted octanol–water partition coefficient (Wildman–Crippen LogP) is 5.48. The highest BCUT2D eigenvalue weighted by atomic mass is 16.1. The van der Waals surface area contributed by atoms with Crippen LogP contribution in [-0.2, 0) is 11.2 Å². The van der Waals surface area contributed by atoms with E-state index in [2.05, 4.69) is 39.9 Å². The van der Waals surface area contributed by atoms with Crippen molar-refractivity contribution in [3.8, 4) is 0 Å². The van der Waals surface area contributed by atoms with Gasteiger partial charge in [-0.15, -0.1) is 0 Å². The number of carbonyl (C=O) groups is 1. The van der Waals surface area contributed by atoms with E-state index in [1.807, 2.05) is 30.5 Å². The molecule has 140 valence electrons. The van der Waals surface area contributed by atoms with Crippen LogP contribution in [0.25, 0.3) is 10.9 Å². The first kappa shape index (κ1) is 17.7. The Morgan fingerprint density at radius 3 is 2.52 bits per heavy atom. The van der Waals surface area contributed by atoms with Crippen molar-refractivity contribution in [3.63, 3.8) is 0 Å². The molecule has 3 aromatic rings. The van der Waals surface area contributed by atoms with Gasteiger partial charge in [0.05, 0.1) is 0 Å². The molecule has 0 spiro atoms. The molecule has 0 bridgehead atoms. The fraction of sp³-hybridized carbons (Fsp3) is 0.348. The zero-order valence-electron chi connectivity index (χ0n) is 15.6. The molecule has 4 nitrogen and oxygen atoms in total. The Kier molecular flexibility index (Phi) is 5.42. The van der Waals surface area contributed by atoms with Crippen LogP contribution in [0, 0.1) is 0 Å². The summed E-state index contributed by atoms with van der Waals surface area (Å²) in [5.41, 5.74) is 4.30. The summed E-state index contributed by atoms with van der Waals surface area (Å²) in [4.78, 5) is 15.6. The second kappa shape index (κ2) is 8.30. The second-order valence-corrected chi connectivity index (χ2v) is 7.46. The number of rotatable bonds is 6. The molecule has 0 unspecified atom stereocenters. The summed E-state index contributed by atoms with van der Waals surface area (Å²) < 4.78 is 0. The van der Waals surface area contributed by atoms with Crippen LogP contribution in [0.15, 0.2) is 54.7 Å². The van der Waals surface area contributed by atoms with Crippen molar-refractivity contribution in [3.05, 3.63) is 60.3 Å². The van der Waals surface area contributed by atoms with Gasteiger partial charge in [-0.25, -0.2) is 0 Å². The van der Waals surface area contributed by atoms with Crippen LogP contribution in [0.5, 0.6) is 0 Å². The monoisotopic (exact) mass is 361 g/mol. The number of amides is 1. The highest BCUT2D eigenvalue weighted by molar-refractivity contribution is 5.91. The molecular formula is C23H27N3O. The van der Waals surface area contributed by atoms with Crippen molar-refractivity contribution >= 4 is 28.2 Å². The lowest BCUT2D eigenvalue weighted by Crippen LogP contribution is -2.22. The maximum Gasteiger partial charge on any atom is 0.224 e. The van der Waals surface area contributed by atoms with Gasteiger partial charge in [-0.2, -0.15) is 0 Å². The molecule has 1 aromatic heterocycles. The summed E-state index contributed by atoms with van der Waals surface area (Å²) in [6.07, 6.45) is 9.73. The first-order valence-electron chi connectivity index (χ1n) is 9.99. The summed E-state index contributed by atoms with van der Waals surface area (Å²) >= 11 is 0. The van der Waals surface area contributed by atoms with Gasteiger partial charge in [-0.3, -0.25) is 4.79 Å². The number of anilines is 2. The number of fused-ring (bicyclic) bond motifs is 1. The molecule has 2 aromatic carbocycles. The lowest BCUT2D eigenvalue weighted by atomic mass is 9.95. The summed E-state index contributed by atoms with van der Waals surface area (Å²) in [5, 5.41) is 7.81. The Balaban J connectivity index is 1.29. The van der Waals surface area contributed by atoms with E-state index in [1.165, 1.54) is 43.1 Å². The maximum absolute atomic E-state index is 12.3. The van der Waals surface area contributed by atoms with Crippen LogP contribution in [-0.4, -0.2) is 16.9 Å². The van der Waals surface area contributed by atoms with Gasteiger partial charge in [0.1, 0.15) is 0 Å². The van der Waals surface area contributed by atoms with Gasteiger partial charge in [-0.1, -0.05) is 37.5 Å². The van der Waals surface area contributed by atoms with Crippen LogP contribution in [0.3, 0.4) is 0 Å². The maximum atomic E-state index is 12.3. The molecule has 0 radical (unpaired) electrons. The number of H-pyrrole nitrogens is 1. The van der Waals surface area contributed by atoms with Crippen molar-refractivity contribution in [1.82, 2.24) is 4.98 Å². The van der Waals surface area contributed by atoms with Crippen molar-refractivity contribution in [2.45, 2.75) is 51.0 Å². The molecular weight excluding hydrogens is 334 g/mol. The molecule has 1 amide bonds. The number of aromatic amines is 1. The van der Waals surface area contributed by atoms with Crippen molar-refractivity contribution in [2.24, 2.45) is 0 Å². The van der Waals surface area contributed by atoms with Crippen LogP contribution in [0.1, 0.15) is 44.1 Å². The Morgan fingerprint density at radius 1 is 0.963 bits per heavy atom. The quantitative estimate of drug-likeness (QED) is 0.544. The van der Waals surface area contributed by atoms with Crippen molar-refractivity contribution in [1.29, 1.82) is 0 Å². The number of hydrogen-bond donors (Lipinski definition) is 3. The number of benzene rings is 2. The smallest absolute Gasteiger partial charge is 0.224 e. The van der Waals surface area contributed by atoms with Crippen LogP contribution in [0.4, 0.5) is 11.4 Å². The minimum Gasteiger partial charge on any atom is -0.382 e. The second-order valence-electron chi connectivity index (χ2n) is 7.46. The molecule has 0 saturated heterocycles. The van der Waals surface area contributed by atoms with Crippen molar-refractivity contribution in [2.75, 3.05) is 10.6 Å². The fourth-order valence-corrected chi connectivity index (χ4v) is 3.94. The highest BCUT2D eigenvalue weighted by Gasteiger charge is 2.13. The van der Waals surface area contributed by atoms with E-state index in [-0.39, 0.29) is 5.91 Å². The number of aromatic nitrogens is 1. The summed E-state index contributed by atoms with van der Waals surface area (Å²) in [7, 11) is 0. The minimum atomic E-state index is 0.0493. The topological polar surface area (TPSA) is 56.9 Å². The summed E-state index contributed by atoms with van der Waals surface area (Å²) in [6, 6.07) is 16.9. The minimum absolute atomic E-state index is 0.0493. The first-order chi connectivity index (χ1) is 13.3. The van der Waals surface area contributed by atoms with Gasteiger partial charge in [0.15, 0.2) is 0 Å². The Labute approximate surface area is 160 Å². The van der Waals surface area contributed by atoms with E-state index in [9.17, 15) is 4.79 Å². The average Bonchev–Trinajstić information content (AvgIpc) is 3.12. The van der Waals surface area contributed by atoms with Gasteiger partial charge in [0.25, 0.3) is 0 Å². The fourth-order valence-electron chi connectivity index (χ4n) is 3.94. The highest BCUT2D eigenvalue weighted by Crippen LogP contribution is 2.23. The number of para-hydroxylation sites is 1. The Bertz CT molecular complexity index is 891. The largest absolute Gasteiger partial charge is 0.382 e. The molecule has 0 atom stereocenters. The molecule has 1 heterocycles. The zero-order chi connectivity index (χ0) is 18.5. The molecule has 4 heteroatoms. The zero-order valence-corrected chi connectivity index (χ0v) is 15.6. The van der Waals surface area contributed by atoms with Crippen LogP contribution >= 0.6 is 0 Å². The molecule has 0 aliphatic heterocycles.